The molecule has 2 atom stereocenters. The molecule has 0 saturated carbocycles. The average Bonchev–Trinajstić information content (AvgIpc) is 2.70. The Morgan fingerprint density at radius 1 is 1.30 bits per heavy atom. The van der Waals surface area contributed by atoms with Gasteiger partial charge in [-0.1, -0.05) is 30.3 Å². The van der Waals surface area contributed by atoms with Crippen molar-refractivity contribution < 1.29 is 36.4 Å². The van der Waals surface area contributed by atoms with Crippen molar-refractivity contribution in [2.45, 2.75) is 24.9 Å². The molecule has 166 valence electrons. The zero-order valence-corrected chi connectivity index (χ0v) is 16.8. The molecule has 1 aromatic rings. The molecule has 12 nitrogen and oxygen atoms in total. The van der Waals surface area contributed by atoms with E-state index in [1.807, 2.05) is 30.3 Å². The fourth-order valence-corrected chi connectivity index (χ4v) is 3.66. The van der Waals surface area contributed by atoms with Gasteiger partial charge < -0.3 is 15.4 Å². The normalized spacial score (nSPS) is 21.5. The van der Waals surface area contributed by atoms with Gasteiger partial charge in [0.25, 0.3) is 5.91 Å². The average molecular weight is 444 g/mol. The summed E-state index contributed by atoms with van der Waals surface area (Å²) in [4.78, 5) is 31.4. The van der Waals surface area contributed by atoms with E-state index >= 15 is 0 Å². The lowest BCUT2D eigenvalue weighted by Crippen LogP contribution is -2.62. The van der Waals surface area contributed by atoms with Crippen LogP contribution in [0, 0.1) is 5.41 Å². The fraction of sp³-hybridized carbons (Fsp3) is 0.529. The Kier molecular flexibility index (Phi) is 6.90. The maximum atomic E-state index is 12.7. The number of hydrogen-bond donors (Lipinski definition) is 4. The molecular weight excluding hydrogens is 420 g/mol. The topological polar surface area (TPSA) is 170 Å². The van der Waals surface area contributed by atoms with Crippen LogP contribution in [0.2, 0.25) is 0 Å². The van der Waals surface area contributed by atoms with Crippen LogP contribution in [0.5, 0.6) is 0 Å². The molecule has 0 aromatic heterocycles. The van der Waals surface area contributed by atoms with Crippen LogP contribution in [0.3, 0.4) is 0 Å². The molecule has 2 saturated heterocycles. The molecule has 1 spiro atoms. The van der Waals surface area contributed by atoms with E-state index in [0.717, 1.165) is 10.5 Å². The minimum absolute atomic E-state index is 0.00872. The molecule has 2 aliphatic heterocycles. The Hall–Kier alpha value is -2.29. The summed E-state index contributed by atoms with van der Waals surface area (Å²) < 4.78 is 39.2. The molecule has 5 N–H and O–H groups in total. The predicted octanol–water partition coefficient (Wildman–Crippen LogP) is -0.341. The number of benzene rings is 1. The summed E-state index contributed by atoms with van der Waals surface area (Å²) >= 11 is 0. The highest BCUT2D eigenvalue weighted by Crippen LogP contribution is 2.41. The number of nitrogens with two attached hydrogens (primary N) is 1. The first kappa shape index (κ1) is 22.4. The van der Waals surface area contributed by atoms with Gasteiger partial charge in [0.15, 0.2) is 0 Å². The Morgan fingerprint density at radius 3 is 2.60 bits per heavy atom. The SMILES string of the molecule is NC(CONC(=O)[C@@H]1CC2(CCN1C(=O)NOS(=O)(=O)O)COC2)c1ccccc1. The Bertz CT molecular complexity index is 862. The number of amides is 3. The molecule has 2 aliphatic rings. The number of piperidine rings is 1. The first-order valence-corrected chi connectivity index (χ1v) is 10.6. The van der Waals surface area contributed by atoms with Gasteiger partial charge in [0.1, 0.15) is 6.04 Å². The number of urea groups is 1. The van der Waals surface area contributed by atoms with Gasteiger partial charge in [-0.2, -0.15) is 13.9 Å². The molecule has 1 aromatic carbocycles. The Morgan fingerprint density at radius 2 is 2.00 bits per heavy atom. The van der Waals surface area contributed by atoms with Crippen molar-refractivity contribution in [3.8, 4) is 0 Å². The van der Waals surface area contributed by atoms with Crippen molar-refractivity contribution in [2.75, 3.05) is 26.4 Å². The van der Waals surface area contributed by atoms with Crippen LogP contribution in [0.1, 0.15) is 24.4 Å². The monoisotopic (exact) mass is 444 g/mol. The maximum absolute atomic E-state index is 12.7. The summed E-state index contributed by atoms with van der Waals surface area (Å²) in [6, 6.07) is 6.78. The summed E-state index contributed by atoms with van der Waals surface area (Å²) in [6.45, 7) is 1.10. The second-order valence-electron chi connectivity index (χ2n) is 7.37. The third-order valence-corrected chi connectivity index (χ3v) is 5.46. The second-order valence-corrected chi connectivity index (χ2v) is 8.39. The minimum Gasteiger partial charge on any atom is -0.380 e. The molecule has 30 heavy (non-hydrogen) atoms. The number of hydroxylamine groups is 2. The first-order valence-electron chi connectivity index (χ1n) is 9.22. The molecule has 0 radical (unpaired) electrons. The van der Waals surface area contributed by atoms with Crippen LogP contribution in [0.4, 0.5) is 4.79 Å². The van der Waals surface area contributed by atoms with Gasteiger partial charge >= 0.3 is 16.4 Å². The third-order valence-electron chi connectivity index (χ3n) is 5.16. The zero-order chi connectivity index (χ0) is 21.8. The highest BCUT2D eigenvalue weighted by molar-refractivity contribution is 7.80. The zero-order valence-electron chi connectivity index (χ0n) is 16.0. The van der Waals surface area contributed by atoms with E-state index in [2.05, 4.69) is 9.76 Å². The Balaban J connectivity index is 1.59. The van der Waals surface area contributed by atoms with Crippen molar-refractivity contribution in [2.24, 2.45) is 11.1 Å². The molecule has 2 fully saturated rings. The van der Waals surface area contributed by atoms with Crippen molar-refractivity contribution in [1.82, 2.24) is 15.9 Å². The largest absolute Gasteiger partial charge is 0.418 e. The molecule has 0 aliphatic carbocycles. The van der Waals surface area contributed by atoms with E-state index in [1.54, 1.807) is 5.48 Å². The van der Waals surface area contributed by atoms with Crippen LogP contribution >= 0.6 is 0 Å². The van der Waals surface area contributed by atoms with E-state index in [1.165, 1.54) is 0 Å². The molecule has 0 bridgehead atoms. The summed E-state index contributed by atoms with van der Waals surface area (Å²) in [5.74, 6) is -0.594. The number of hydrogen-bond acceptors (Lipinski definition) is 8. The summed E-state index contributed by atoms with van der Waals surface area (Å²) in [6.07, 6.45) is 0.863. The van der Waals surface area contributed by atoms with Gasteiger partial charge in [-0.3, -0.25) is 14.2 Å². The summed E-state index contributed by atoms with van der Waals surface area (Å²) in [5.41, 5.74) is 10.5. The highest BCUT2D eigenvalue weighted by atomic mass is 32.3. The van der Waals surface area contributed by atoms with E-state index in [4.69, 9.17) is 19.9 Å². The van der Waals surface area contributed by atoms with Gasteiger partial charge in [0, 0.05) is 12.0 Å². The molecule has 3 amide bonds. The van der Waals surface area contributed by atoms with Gasteiger partial charge in [-0.05, 0) is 18.4 Å². The number of ether oxygens (including phenoxy) is 1. The van der Waals surface area contributed by atoms with Crippen molar-refractivity contribution >= 4 is 22.3 Å². The van der Waals surface area contributed by atoms with Crippen molar-refractivity contribution in [3.63, 3.8) is 0 Å². The molecule has 2 heterocycles. The molecular formula is C17H24N4O8S. The van der Waals surface area contributed by atoms with E-state index < -0.39 is 34.4 Å². The Labute approximate surface area is 173 Å². The number of carbonyl (C=O) groups excluding carboxylic acids is 2. The number of carbonyl (C=O) groups is 2. The van der Waals surface area contributed by atoms with Crippen LogP contribution in [0.15, 0.2) is 30.3 Å². The van der Waals surface area contributed by atoms with Crippen molar-refractivity contribution in [1.29, 1.82) is 0 Å². The van der Waals surface area contributed by atoms with Crippen LogP contribution in [-0.2, 0) is 29.1 Å². The minimum atomic E-state index is -4.88. The quantitative estimate of drug-likeness (QED) is 0.324. The smallest absolute Gasteiger partial charge is 0.380 e. The third kappa shape index (κ3) is 5.65. The van der Waals surface area contributed by atoms with E-state index in [-0.39, 0.29) is 18.6 Å². The van der Waals surface area contributed by atoms with E-state index in [0.29, 0.717) is 26.1 Å². The van der Waals surface area contributed by atoms with Gasteiger partial charge in [-0.25, -0.2) is 10.3 Å². The lowest BCUT2D eigenvalue weighted by Gasteiger charge is -2.49. The van der Waals surface area contributed by atoms with Crippen LogP contribution in [-0.4, -0.2) is 62.2 Å². The van der Waals surface area contributed by atoms with Gasteiger partial charge in [-0.15, -0.1) is 4.28 Å². The van der Waals surface area contributed by atoms with Gasteiger partial charge in [0.05, 0.1) is 25.9 Å². The number of likely N-dealkylation sites (tertiary alicyclic amines) is 1. The predicted molar refractivity (Wildman–Crippen MR) is 102 cm³/mol. The molecule has 3 rings (SSSR count). The number of rotatable bonds is 7. The summed E-state index contributed by atoms with van der Waals surface area (Å²) in [7, 11) is -4.88. The summed E-state index contributed by atoms with van der Waals surface area (Å²) in [5, 5.41) is 0. The van der Waals surface area contributed by atoms with Crippen molar-refractivity contribution in [3.05, 3.63) is 35.9 Å². The fourth-order valence-electron chi connectivity index (χ4n) is 3.48. The number of nitrogens with one attached hydrogen (secondary N) is 2. The van der Waals surface area contributed by atoms with E-state index in [9.17, 15) is 18.0 Å². The number of nitrogens with zero attached hydrogens (tertiary/aromatic N) is 1. The lowest BCUT2D eigenvalue weighted by molar-refractivity contribution is -0.162. The first-order chi connectivity index (χ1) is 14.2. The van der Waals surface area contributed by atoms with Crippen LogP contribution in [0.25, 0.3) is 0 Å². The second kappa shape index (κ2) is 9.24. The lowest BCUT2D eigenvalue weighted by atomic mass is 9.73. The molecule has 1 unspecified atom stereocenters. The highest BCUT2D eigenvalue weighted by Gasteiger charge is 2.48. The van der Waals surface area contributed by atoms with Gasteiger partial charge in [0.2, 0.25) is 0 Å². The maximum Gasteiger partial charge on any atom is 0.418 e. The van der Waals surface area contributed by atoms with Crippen LogP contribution < -0.4 is 16.7 Å². The molecule has 13 heteroatoms. The standard InChI is InChI=1S/C17H24N4O8S/c18-13(12-4-2-1-3-5-12)9-28-19-15(22)14-8-17(10-27-11-17)6-7-21(14)16(23)20-29-30(24,25)26/h1-5,13-14H,6-11,18H2,(H,19,22)(H,20,23)(H,24,25,26)/t13?,14-/m0/s1.